The van der Waals surface area contributed by atoms with Gasteiger partial charge in [-0.2, -0.15) is 0 Å². The van der Waals surface area contributed by atoms with Crippen LogP contribution < -0.4 is 4.74 Å². The van der Waals surface area contributed by atoms with E-state index in [0.717, 1.165) is 12.1 Å². The second-order valence-electron chi connectivity index (χ2n) is 3.49. The van der Waals surface area contributed by atoms with Crippen molar-refractivity contribution in [3.05, 3.63) is 33.6 Å². The zero-order chi connectivity index (χ0) is 14.4. The lowest BCUT2D eigenvalue weighted by molar-refractivity contribution is -0.385. The van der Waals surface area contributed by atoms with E-state index in [2.05, 4.69) is 0 Å². The molecular weight excluding hydrogens is 281 g/mol. The van der Waals surface area contributed by atoms with Gasteiger partial charge >= 0.3 is 0 Å². The Labute approximate surface area is 112 Å². The summed E-state index contributed by atoms with van der Waals surface area (Å²) in [6.07, 6.45) is 0.397. The summed E-state index contributed by atoms with van der Waals surface area (Å²) in [6.45, 7) is 0.00544. The van der Waals surface area contributed by atoms with Gasteiger partial charge in [-0.05, 0) is 24.1 Å². The summed E-state index contributed by atoms with van der Waals surface area (Å²) in [5.74, 6) is -1.38. The first-order valence-electron chi connectivity index (χ1n) is 5.20. The summed E-state index contributed by atoms with van der Waals surface area (Å²) < 4.78 is 18.7. The molecule has 1 aromatic carbocycles. The van der Waals surface area contributed by atoms with Crippen LogP contribution in [0.3, 0.4) is 0 Å². The van der Waals surface area contributed by atoms with Crippen LogP contribution in [0.2, 0.25) is 0 Å². The third kappa shape index (κ3) is 3.99. The van der Waals surface area contributed by atoms with Gasteiger partial charge in [0.1, 0.15) is 5.56 Å². The van der Waals surface area contributed by atoms with Crippen LogP contribution in [0.15, 0.2) is 12.1 Å². The Morgan fingerprint density at radius 2 is 2.21 bits per heavy atom. The molecule has 19 heavy (non-hydrogen) atoms. The maximum atomic E-state index is 13.7. The van der Waals surface area contributed by atoms with E-state index >= 15 is 0 Å². The van der Waals surface area contributed by atoms with Crippen LogP contribution in [0, 0.1) is 15.9 Å². The Kier molecular flexibility index (Phi) is 5.37. The first-order valence-corrected chi connectivity index (χ1v) is 5.58. The van der Waals surface area contributed by atoms with Crippen molar-refractivity contribution in [1.29, 1.82) is 0 Å². The van der Waals surface area contributed by atoms with E-state index in [1.807, 2.05) is 0 Å². The highest BCUT2D eigenvalue weighted by molar-refractivity contribution is 6.63. The van der Waals surface area contributed by atoms with Gasteiger partial charge in [0.25, 0.3) is 5.69 Å². The number of halogens is 2. The number of benzene rings is 1. The number of hydrogen-bond donors (Lipinski definition) is 0. The fraction of sp³-hybridized carbons (Fsp3) is 0.273. The van der Waals surface area contributed by atoms with Crippen molar-refractivity contribution in [2.24, 2.45) is 0 Å². The minimum Gasteiger partial charge on any atom is -0.490 e. The Morgan fingerprint density at radius 1 is 1.53 bits per heavy atom. The Morgan fingerprint density at radius 3 is 2.74 bits per heavy atom. The third-order valence-electron chi connectivity index (χ3n) is 2.21. The van der Waals surface area contributed by atoms with Gasteiger partial charge in [0.15, 0.2) is 17.9 Å². The Hall–Kier alpha value is -2.02. The summed E-state index contributed by atoms with van der Waals surface area (Å²) >= 11 is 5.10. The second-order valence-corrected chi connectivity index (χ2v) is 3.91. The van der Waals surface area contributed by atoms with E-state index in [9.17, 15) is 24.1 Å². The van der Waals surface area contributed by atoms with Crippen LogP contribution >= 0.6 is 11.6 Å². The highest BCUT2D eigenvalue weighted by Crippen LogP contribution is 2.27. The number of carbonyl (C=O) groups is 2. The normalized spacial score (nSPS) is 10.0. The van der Waals surface area contributed by atoms with Crippen molar-refractivity contribution >= 4 is 28.8 Å². The first-order chi connectivity index (χ1) is 8.97. The standard InChI is InChI=1S/C11H9ClFNO5/c12-10(16)2-1-5-19-9-4-3-8(14(17)18)7(6-15)11(9)13/h3-4,6H,1-2,5H2. The van der Waals surface area contributed by atoms with Gasteiger partial charge < -0.3 is 4.74 Å². The molecule has 0 aliphatic heterocycles. The van der Waals surface area contributed by atoms with Gasteiger partial charge in [-0.15, -0.1) is 0 Å². The Bertz CT molecular complexity index is 520. The zero-order valence-corrected chi connectivity index (χ0v) is 10.4. The van der Waals surface area contributed by atoms with Crippen molar-refractivity contribution in [2.45, 2.75) is 12.8 Å². The quantitative estimate of drug-likeness (QED) is 0.253. The van der Waals surface area contributed by atoms with Gasteiger partial charge in [0, 0.05) is 12.5 Å². The third-order valence-corrected chi connectivity index (χ3v) is 2.40. The molecule has 0 aliphatic rings. The number of nitro groups is 1. The van der Waals surface area contributed by atoms with E-state index in [0.29, 0.717) is 0 Å². The fourth-order valence-corrected chi connectivity index (χ4v) is 1.47. The van der Waals surface area contributed by atoms with Gasteiger partial charge in [0.2, 0.25) is 5.24 Å². The smallest absolute Gasteiger partial charge is 0.283 e. The van der Waals surface area contributed by atoms with Crippen LogP contribution in [-0.4, -0.2) is 23.1 Å². The zero-order valence-electron chi connectivity index (χ0n) is 9.60. The summed E-state index contributed by atoms with van der Waals surface area (Å²) in [5, 5.41) is 10.0. The van der Waals surface area contributed by atoms with Crippen LogP contribution in [-0.2, 0) is 4.79 Å². The largest absolute Gasteiger partial charge is 0.490 e. The van der Waals surface area contributed by atoms with Crippen LogP contribution in [0.1, 0.15) is 23.2 Å². The molecular formula is C11H9ClFNO5. The van der Waals surface area contributed by atoms with E-state index in [-0.39, 0.29) is 31.5 Å². The van der Waals surface area contributed by atoms with Crippen LogP contribution in [0.5, 0.6) is 5.75 Å². The predicted molar refractivity (Wildman–Crippen MR) is 64.0 cm³/mol. The molecule has 0 N–H and O–H groups in total. The SMILES string of the molecule is O=Cc1c([N+](=O)[O-])ccc(OCCCC(=O)Cl)c1F. The fourth-order valence-electron chi connectivity index (χ4n) is 1.34. The molecule has 1 rings (SSSR count). The molecule has 0 bridgehead atoms. The van der Waals surface area contributed by atoms with E-state index < -0.39 is 27.2 Å². The number of nitrogens with zero attached hydrogens (tertiary/aromatic N) is 1. The maximum Gasteiger partial charge on any atom is 0.283 e. The molecule has 0 saturated carbocycles. The molecule has 0 saturated heterocycles. The van der Waals surface area contributed by atoms with Crippen molar-refractivity contribution < 1.29 is 23.6 Å². The summed E-state index contributed by atoms with van der Waals surface area (Å²) in [4.78, 5) is 30.8. The number of ether oxygens (including phenoxy) is 1. The highest BCUT2D eigenvalue weighted by atomic mass is 35.5. The van der Waals surface area contributed by atoms with Crippen LogP contribution in [0.4, 0.5) is 10.1 Å². The second kappa shape index (κ2) is 6.79. The average Bonchev–Trinajstić information content (AvgIpc) is 2.35. The molecule has 0 heterocycles. The first kappa shape index (κ1) is 15.0. The van der Waals surface area contributed by atoms with Gasteiger partial charge in [-0.1, -0.05) is 0 Å². The van der Waals surface area contributed by atoms with Crippen molar-refractivity contribution in [3.63, 3.8) is 0 Å². The average molecular weight is 290 g/mol. The van der Waals surface area contributed by atoms with Gasteiger partial charge in [-0.25, -0.2) is 4.39 Å². The lowest BCUT2D eigenvalue weighted by Gasteiger charge is -2.07. The lowest BCUT2D eigenvalue weighted by atomic mass is 10.1. The van der Waals surface area contributed by atoms with Crippen molar-refractivity contribution in [1.82, 2.24) is 0 Å². The summed E-state index contributed by atoms with van der Waals surface area (Å²) in [7, 11) is 0. The van der Waals surface area contributed by atoms with Crippen LogP contribution in [0.25, 0.3) is 0 Å². The molecule has 0 atom stereocenters. The molecule has 0 fully saturated rings. The molecule has 0 unspecified atom stereocenters. The molecule has 6 nitrogen and oxygen atoms in total. The molecule has 0 amide bonds. The lowest BCUT2D eigenvalue weighted by Crippen LogP contribution is -2.04. The van der Waals surface area contributed by atoms with Gasteiger partial charge in [-0.3, -0.25) is 19.7 Å². The minimum absolute atomic E-state index is 0.00544. The number of rotatable bonds is 7. The molecule has 0 aromatic heterocycles. The molecule has 1 aromatic rings. The number of carbonyl (C=O) groups excluding carboxylic acids is 2. The predicted octanol–water partition coefficient (Wildman–Crippen LogP) is 2.47. The molecule has 0 spiro atoms. The molecule has 0 aliphatic carbocycles. The highest BCUT2D eigenvalue weighted by Gasteiger charge is 2.21. The number of aldehydes is 1. The summed E-state index contributed by atoms with van der Waals surface area (Å²) in [6, 6.07) is 2.04. The molecule has 0 radical (unpaired) electrons. The summed E-state index contributed by atoms with van der Waals surface area (Å²) in [5.41, 5.74) is -1.30. The maximum absolute atomic E-state index is 13.7. The number of nitro benzene ring substituents is 1. The van der Waals surface area contributed by atoms with E-state index in [1.165, 1.54) is 0 Å². The number of hydrogen-bond acceptors (Lipinski definition) is 5. The molecule has 102 valence electrons. The van der Waals surface area contributed by atoms with E-state index in [4.69, 9.17) is 16.3 Å². The monoisotopic (exact) mass is 289 g/mol. The van der Waals surface area contributed by atoms with E-state index in [1.54, 1.807) is 0 Å². The molecule has 8 heteroatoms. The van der Waals surface area contributed by atoms with Gasteiger partial charge in [0.05, 0.1) is 11.5 Å². The van der Waals surface area contributed by atoms with Crippen molar-refractivity contribution in [2.75, 3.05) is 6.61 Å². The Balaban J connectivity index is 2.83. The topological polar surface area (TPSA) is 86.5 Å². The minimum atomic E-state index is -1.10. The van der Waals surface area contributed by atoms with Crippen molar-refractivity contribution in [3.8, 4) is 5.75 Å².